The highest BCUT2D eigenvalue weighted by atomic mass is 16.3. The van der Waals surface area contributed by atoms with Crippen molar-refractivity contribution in [3.8, 4) is 0 Å². The van der Waals surface area contributed by atoms with Crippen LogP contribution < -0.4 is 0 Å². The molecule has 1 heterocycles. The van der Waals surface area contributed by atoms with E-state index in [4.69, 9.17) is 0 Å². The van der Waals surface area contributed by atoms with Gasteiger partial charge in [-0.3, -0.25) is 0 Å². The molecule has 0 aromatic heterocycles. The first kappa shape index (κ1) is 12.0. The van der Waals surface area contributed by atoms with Crippen LogP contribution in [0.2, 0.25) is 0 Å². The van der Waals surface area contributed by atoms with E-state index in [1.807, 2.05) is 0 Å². The maximum Gasteiger partial charge on any atom is 0.0592 e. The molecular formula is C12H25NO. The van der Waals surface area contributed by atoms with Crippen molar-refractivity contribution >= 4 is 0 Å². The second kappa shape index (κ2) is 5.72. The number of hydrogen-bond donors (Lipinski definition) is 1. The van der Waals surface area contributed by atoms with Gasteiger partial charge in [-0.05, 0) is 24.7 Å². The molecule has 1 aliphatic heterocycles. The summed E-state index contributed by atoms with van der Waals surface area (Å²) < 4.78 is 0. The van der Waals surface area contributed by atoms with Gasteiger partial charge in [0.15, 0.2) is 0 Å². The molecule has 1 fully saturated rings. The number of aliphatic hydroxyl groups is 1. The smallest absolute Gasteiger partial charge is 0.0592 e. The Kier molecular flexibility index (Phi) is 4.90. The van der Waals surface area contributed by atoms with Crippen molar-refractivity contribution in [2.45, 2.75) is 46.1 Å². The molecule has 2 heteroatoms. The van der Waals surface area contributed by atoms with Crippen LogP contribution in [0.15, 0.2) is 0 Å². The highest BCUT2D eigenvalue weighted by molar-refractivity contribution is 4.79. The van der Waals surface area contributed by atoms with Gasteiger partial charge < -0.3 is 10.0 Å². The summed E-state index contributed by atoms with van der Waals surface area (Å²) in [5.41, 5.74) is 0. The lowest BCUT2D eigenvalue weighted by molar-refractivity contribution is 0.0203. The van der Waals surface area contributed by atoms with Crippen LogP contribution in [0.1, 0.15) is 40.0 Å². The van der Waals surface area contributed by atoms with Crippen LogP contribution in [0.4, 0.5) is 0 Å². The van der Waals surface area contributed by atoms with E-state index in [0.717, 1.165) is 31.8 Å². The summed E-state index contributed by atoms with van der Waals surface area (Å²) in [4.78, 5) is 2.52. The van der Waals surface area contributed by atoms with Crippen molar-refractivity contribution in [2.24, 2.45) is 11.8 Å². The summed E-state index contributed by atoms with van der Waals surface area (Å²) in [7, 11) is 0. The Morgan fingerprint density at radius 1 is 1.43 bits per heavy atom. The predicted octanol–water partition coefficient (Wildman–Crippen LogP) is 2.13. The fraction of sp³-hybridized carbons (Fsp3) is 1.00. The molecule has 0 aromatic rings. The van der Waals surface area contributed by atoms with Gasteiger partial charge in [0.1, 0.15) is 0 Å². The van der Waals surface area contributed by atoms with Crippen molar-refractivity contribution < 1.29 is 5.11 Å². The number of aliphatic hydroxyl groups excluding tert-OH is 1. The summed E-state index contributed by atoms with van der Waals surface area (Å²) in [6.45, 7) is 10.1. The third-order valence-electron chi connectivity index (χ3n) is 3.57. The average Bonchev–Trinajstić information content (AvgIpc) is 2.20. The summed E-state index contributed by atoms with van der Waals surface area (Å²) in [5.74, 6) is 1.30. The minimum Gasteiger partial charge on any atom is -0.393 e. The zero-order valence-electron chi connectivity index (χ0n) is 9.87. The molecule has 0 saturated carbocycles. The summed E-state index contributed by atoms with van der Waals surface area (Å²) in [6.07, 6.45) is 3.29. The Labute approximate surface area is 88.3 Å². The topological polar surface area (TPSA) is 23.5 Å². The molecule has 1 N–H and O–H groups in total. The van der Waals surface area contributed by atoms with Gasteiger partial charge in [0.2, 0.25) is 0 Å². The molecule has 1 rings (SSSR count). The number of nitrogens with zero attached hydrogens (tertiary/aromatic N) is 1. The van der Waals surface area contributed by atoms with E-state index in [1.54, 1.807) is 0 Å². The molecule has 3 atom stereocenters. The van der Waals surface area contributed by atoms with E-state index >= 15 is 0 Å². The maximum atomic E-state index is 9.75. The lowest BCUT2D eigenvalue weighted by atomic mass is 9.92. The first-order chi connectivity index (χ1) is 6.67. The number of likely N-dealkylation sites (tertiary alicyclic amines) is 1. The van der Waals surface area contributed by atoms with Crippen LogP contribution >= 0.6 is 0 Å². The molecule has 1 aliphatic rings. The van der Waals surface area contributed by atoms with Crippen LogP contribution in [0.25, 0.3) is 0 Å². The molecule has 0 aromatic carbocycles. The normalized spacial score (nSPS) is 31.7. The molecule has 2 nitrogen and oxygen atoms in total. The van der Waals surface area contributed by atoms with Crippen molar-refractivity contribution in [1.29, 1.82) is 0 Å². The summed E-state index contributed by atoms with van der Waals surface area (Å²) >= 11 is 0. The van der Waals surface area contributed by atoms with E-state index in [2.05, 4.69) is 25.7 Å². The van der Waals surface area contributed by atoms with Crippen molar-refractivity contribution in [2.75, 3.05) is 19.6 Å². The summed E-state index contributed by atoms with van der Waals surface area (Å²) in [5, 5.41) is 9.75. The number of rotatable bonds is 4. The minimum absolute atomic E-state index is 0.0480. The monoisotopic (exact) mass is 199 g/mol. The van der Waals surface area contributed by atoms with Crippen LogP contribution in [0.3, 0.4) is 0 Å². The lowest BCUT2D eigenvalue weighted by Gasteiger charge is -2.36. The highest BCUT2D eigenvalue weighted by Crippen LogP contribution is 2.21. The van der Waals surface area contributed by atoms with Crippen molar-refractivity contribution in [1.82, 2.24) is 4.90 Å². The van der Waals surface area contributed by atoms with E-state index in [1.165, 1.54) is 13.0 Å². The molecule has 0 bridgehead atoms. The zero-order chi connectivity index (χ0) is 10.6. The molecular weight excluding hydrogens is 174 g/mol. The van der Waals surface area contributed by atoms with Crippen molar-refractivity contribution in [3.05, 3.63) is 0 Å². The van der Waals surface area contributed by atoms with Gasteiger partial charge in [-0.25, -0.2) is 0 Å². The Morgan fingerprint density at radius 3 is 2.71 bits per heavy atom. The molecule has 14 heavy (non-hydrogen) atoms. The maximum absolute atomic E-state index is 9.75. The molecule has 0 amide bonds. The molecule has 0 spiro atoms. The minimum atomic E-state index is -0.0480. The first-order valence-electron chi connectivity index (χ1n) is 6.07. The highest BCUT2D eigenvalue weighted by Gasteiger charge is 2.26. The average molecular weight is 199 g/mol. The van der Waals surface area contributed by atoms with Gasteiger partial charge in [-0.15, -0.1) is 0 Å². The van der Waals surface area contributed by atoms with Crippen LogP contribution in [-0.2, 0) is 0 Å². The zero-order valence-corrected chi connectivity index (χ0v) is 9.87. The Hall–Kier alpha value is -0.0800. The van der Waals surface area contributed by atoms with E-state index in [-0.39, 0.29) is 6.10 Å². The van der Waals surface area contributed by atoms with Crippen molar-refractivity contribution in [3.63, 3.8) is 0 Å². The van der Waals surface area contributed by atoms with Crippen LogP contribution in [0.5, 0.6) is 0 Å². The van der Waals surface area contributed by atoms with E-state index in [0.29, 0.717) is 5.92 Å². The van der Waals surface area contributed by atoms with Gasteiger partial charge in [0.05, 0.1) is 6.10 Å². The Morgan fingerprint density at radius 2 is 2.14 bits per heavy atom. The third kappa shape index (κ3) is 3.25. The van der Waals surface area contributed by atoms with Gasteiger partial charge in [-0.2, -0.15) is 0 Å². The van der Waals surface area contributed by atoms with Gasteiger partial charge in [-0.1, -0.05) is 27.2 Å². The Bertz CT molecular complexity index is 160. The predicted molar refractivity (Wildman–Crippen MR) is 60.3 cm³/mol. The largest absolute Gasteiger partial charge is 0.393 e. The molecule has 84 valence electrons. The standard InChI is InChI=1S/C12H25NO/c1-4-10(3)8-13-7-6-12(14)11(5-2)9-13/h10-12,14H,4-9H2,1-3H3. The second-order valence-corrected chi connectivity index (χ2v) is 4.80. The third-order valence-corrected chi connectivity index (χ3v) is 3.57. The fourth-order valence-corrected chi connectivity index (χ4v) is 2.23. The first-order valence-corrected chi connectivity index (χ1v) is 6.07. The van der Waals surface area contributed by atoms with Crippen LogP contribution in [-0.4, -0.2) is 35.7 Å². The van der Waals surface area contributed by atoms with Gasteiger partial charge in [0, 0.05) is 19.6 Å². The molecule has 0 radical (unpaired) electrons. The number of piperidine rings is 1. The SMILES string of the molecule is CCC(C)CN1CCC(O)C(CC)C1. The fourth-order valence-electron chi connectivity index (χ4n) is 2.23. The second-order valence-electron chi connectivity index (χ2n) is 4.80. The molecule has 0 aliphatic carbocycles. The van der Waals surface area contributed by atoms with E-state index < -0.39 is 0 Å². The number of hydrogen-bond acceptors (Lipinski definition) is 2. The van der Waals surface area contributed by atoms with Crippen LogP contribution in [0, 0.1) is 11.8 Å². The van der Waals surface area contributed by atoms with E-state index in [9.17, 15) is 5.11 Å². The Balaban J connectivity index is 2.34. The quantitative estimate of drug-likeness (QED) is 0.749. The van der Waals surface area contributed by atoms with Gasteiger partial charge in [0.25, 0.3) is 0 Å². The molecule has 3 unspecified atom stereocenters. The van der Waals surface area contributed by atoms with Gasteiger partial charge >= 0.3 is 0 Å². The molecule has 1 saturated heterocycles. The lowest BCUT2D eigenvalue weighted by Crippen LogP contribution is -2.44. The summed E-state index contributed by atoms with van der Waals surface area (Å²) in [6, 6.07) is 0.